The minimum absolute atomic E-state index is 0.0253. The van der Waals surface area contributed by atoms with E-state index < -0.39 is 17.0 Å². The molecule has 0 amide bonds. The molecule has 1 aromatic rings. The smallest absolute Gasteiger partial charge is 0.307 e. The molecule has 1 unspecified atom stereocenters. The first-order valence-electron chi connectivity index (χ1n) is 3.95. The van der Waals surface area contributed by atoms with E-state index in [-0.39, 0.29) is 12.2 Å². The molecule has 0 aliphatic carbocycles. The maximum Gasteiger partial charge on any atom is 0.307 e. The quantitative estimate of drug-likeness (QED) is 0.734. The number of benzene rings is 1. The summed E-state index contributed by atoms with van der Waals surface area (Å²) in [7, 11) is 0. The van der Waals surface area contributed by atoms with E-state index >= 15 is 0 Å². The van der Waals surface area contributed by atoms with Gasteiger partial charge in [0.2, 0.25) is 0 Å². The Bertz CT molecular complexity index is 309. The van der Waals surface area contributed by atoms with E-state index in [0.717, 1.165) is 5.56 Å². The summed E-state index contributed by atoms with van der Waals surface area (Å²) >= 11 is -1.85. The van der Waals surface area contributed by atoms with Crippen LogP contribution >= 0.6 is 0 Å². The van der Waals surface area contributed by atoms with Crippen molar-refractivity contribution in [3.05, 3.63) is 35.4 Å². The molecule has 76 valence electrons. The van der Waals surface area contributed by atoms with E-state index in [1.165, 1.54) is 0 Å². The molecular weight excluding hydrogens is 204 g/mol. The van der Waals surface area contributed by atoms with Gasteiger partial charge in [0.25, 0.3) is 0 Å². The fourth-order valence-electron chi connectivity index (χ4n) is 1.07. The predicted molar refractivity (Wildman–Crippen MR) is 52.3 cm³/mol. The zero-order chi connectivity index (χ0) is 10.6. The van der Waals surface area contributed by atoms with Crippen molar-refractivity contribution in [3.63, 3.8) is 0 Å². The Morgan fingerprint density at radius 2 is 1.71 bits per heavy atom. The van der Waals surface area contributed by atoms with E-state index in [2.05, 4.69) is 0 Å². The van der Waals surface area contributed by atoms with Gasteiger partial charge in [-0.1, -0.05) is 24.3 Å². The highest BCUT2D eigenvalue weighted by Crippen LogP contribution is 2.06. The summed E-state index contributed by atoms with van der Waals surface area (Å²) in [6.45, 7) is 0. The largest absolute Gasteiger partial charge is 0.481 e. The van der Waals surface area contributed by atoms with Gasteiger partial charge in [-0.05, 0) is 11.1 Å². The summed E-state index contributed by atoms with van der Waals surface area (Å²) in [6.07, 6.45) is -0.0253. The first-order chi connectivity index (χ1) is 6.58. The SMILES string of the molecule is O=C(O)Cc1ccc(CS(=O)O)cc1. The fraction of sp³-hybridized carbons (Fsp3) is 0.222. The molecule has 0 aliphatic rings. The van der Waals surface area contributed by atoms with Crippen LogP contribution in [0.3, 0.4) is 0 Å². The van der Waals surface area contributed by atoms with Crippen LogP contribution in [0.25, 0.3) is 0 Å². The molecule has 14 heavy (non-hydrogen) atoms. The van der Waals surface area contributed by atoms with Crippen LogP contribution in [0.15, 0.2) is 24.3 Å². The van der Waals surface area contributed by atoms with Crippen molar-refractivity contribution in [2.45, 2.75) is 12.2 Å². The molecule has 0 saturated carbocycles. The maximum absolute atomic E-state index is 10.4. The minimum atomic E-state index is -1.85. The molecule has 1 rings (SSSR count). The summed E-state index contributed by atoms with van der Waals surface area (Å²) in [5, 5.41) is 8.49. The number of carbonyl (C=O) groups is 1. The molecule has 0 saturated heterocycles. The second kappa shape index (κ2) is 4.88. The number of aliphatic carboxylic acids is 1. The lowest BCUT2D eigenvalue weighted by atomic mass is 10.1. The Hall–Kier alpha value is -1.20. The third kappa shape index (κ3) is 3.68. The second-order valence-corrected chi connectivity index (χ2v) is 3.78. The molecule has 1 aromatic carbocycles. The molecule has 5 heteroatoms. The van der Waals surface area contributed by atoms with Crippen LogP contribution in [0.5, 0.6) is 0 Å². The molecule has 0 spiro atoms. The second-order valence-electron chi connectivity index (χ2n) is 2.85. The lowest BCUT2D eigenvalue weighted by molar-refractivity contribution is -0.136. The summed E-state index contributed by atoms with van der Waals surface area (Å²) in [4.78, 5) is 10.3. The molecule has 0 fully saturated rings. The molecule has 1 atom stereocenters. The van der Waals surface area contributed by atoms with E-state index in [4.69, 9.17) is 9.66 Å². The fourth-order valence-corrected chi connectivity index (χ4v) is 1.55. The van der Waals surface area contributed by atoms with E-state index in [9.17, 15) is 9.00 Å². The van der Waals surface area contributed by atoms with Gasteiger partial charge < -0.3 is 9.66 Å². The number of carboxylic acids is 1. The first-order valence-corrected chi connectivity index (χ1v) is 5.22. The highest BCUT2D eigenvalue weighted by molar-refractivity contribution is 7.78. The molecule has 0 bridgehead atoms. The third-order valence-corrected chi connectivity index (χ3v) is 2.25. The lowest BCUT2D eigenvalue weighted by Crippen LogP contribution is -2.00. The van der Waals surface area contributed by atoms with Gasteiger partial charge in [0.1, 0.15) is 0 Å². The zero-order valence-corrected chi connectivity index (χ0v) is 8.16. The van der Waals surface area contributed by atoms with Gasteiger partial charge in [0.15, 0.2) is 11.1 Å². The Kier molecular flexibility index (Phi) is 3.79. The van der Waals surface area contributed by atoms with Crippen LogP contribution in [0.1, 0.15) is 11.1 Å². The molecule has 2 N–H and O–H groups in total. The van der Waals surface area contributed by atoms with Gasteiger partial charge in [0, 0.05) is 0 Å². The molecule has 0 radical (unpaired) electrons. The van der Waals surface area contributed by atoms with Crippen molar-refractivity contribution in [1.29, 1.82) is 0 Å². The van der Waals surface area contributed by atoms with Crippen molar-refractivity contribution in [1.82, 2.24) is 0 Å². The van der Waals surface area contributed by atoms with Crippen LogP contribution in [0.4, 0.5) is 0 Å². The van der Waals surface area contributed by atoms with Crippen LogP contribution in [0.2, 0.25) is 0 Å². The number of carboxylic acid groups (broad SMARTS) is 1. The molecule has 0 heterocycles. The summed E-state index contributed by atoms with van der Waals surface area (Å²) in [5.74, 6) is -0.809. The van der Waals surface area contributed by atoms with Gasteiger partial charge in [-0.15, -0.1) is 0 Å². The van der Waals surface area contributed by atoms with Crippen molar-refractivity contribution in [3.8, 4) is 0 Å². The Balaban J connectivity index is 2.68. The highest BCUT2D eigenvalue weighted by atomic mass is 32.2. The number of hydrogen-bond acceptors (Lipinski definition) is 2. The summed E-state index contributed by atoms with van der Waals surface area (Å²) in [5.41, 5.74) is 1.41. The van der Waals surface area contributed by atoms with Gasteiger partial charge >= 0.3 is 5.97 Å². The Morgan fingerprint density at radius 3 is 2.14 bits per heavy atom. The Morgan fingerprint density at radius 1 is 1.21 bits per heavy atom. The molecule has 4 nitrogen and oxygen atoms in total. The van der Waals surface area contributed by atoms with E-state index in [0.29, 0.717) is 5.56 Å². The minimum Gasteiger partial charge on any atom is -0.481 e. The van der Waals surface area contributed by atoms with Crippen LogP contribution < -0.4 is 0 Å². The average Bonchev–Trinajstić information content (AvgIpc) is 2.06. The van der Waals surface area contributed by atoms with Gasteiger partial charge in [-0.3, -0.25) is 4.79 Å². The zero-order valence-electron chi connectivity index (χ0n) is 7.34. The van der Waals surface area contributed by atoms with E-state index in [1.54, 1.807) is 24.3 Å². The molecule has 0 aromatic heterocycles. The van der Waals surface area contributed by atoms with Gasteiger partial charge in [-0.25, -0.2) is 4.21 Å². The van der Waals surface area contributed by atoms with Crippen molar-refractivity contribution >= 4 is 17.0 Å². The normalized spacial score (nSPS) is 12.4. The average molecular weight is 214 g/mol. The van der Waals surface area contributed by atoms with Crippen LogP contribution in [-0.2, 0) is 28.0 Å². The van der Waals surface area contributed by atoms with Crippen molar-refractivity contribution in [2.24, 2.45) is 0 Å². The number of hydrogen-bond donors (Lipinski definition) is 2. The van der Waals surface area contributed by atoms with Gasteiger partial charge in [-0.2, -0.15) is 0 Å². The topological polar surface area (TPSA) is 74.6 Å². The molecular formula is C9H10O4S. The standard InChI is InChI=1S/C9H10O4S/c10-9(11)5-7-1-3-8(4-2-7)6-14(12)13/h1-4H,5-6H2,(H,10,11)(H,12,13). The third-order valence-electron chi connectivity index (χ3n) is 1.67. The van der Waals surface area contributed by atoms with Crippen molar-refractivity contribution in [2.75, 3.05) is 0 Å². The summed E-state index contributed by atoms with van der Waals surface area (Å²) in [6, 6.07) is 6.62. The predicted octanol–water partition coefficient (Wildman–Crippen LogP) is 1.04. The maximum atomic E-state index is 10.4. The highest BCUT2D eigenvalue weighted by Gasteiger charge is 2.01. The van der Waals surface area contributed by atoms with Gasteiger partial charge in [0.05, 0.1) is 12.2 Å². The lowest BCUT2D eigenvalue weighted by Gasteiger charge is -1.99. The van der Waals surface area contributed by atoms with Crippen LogP contribution in [-0.4, -0.2) is 19.8 Å². The Labute approximate surface area is 83.9 Å². The van der Waals surface area contributed by atoms with Crippen LogP contribution in [0, 0.1) is 0 Å². The molecule has 0 aliphatic heterocycles. The van der Waals surface area contributed by atoms with E-state index in [1.807, 2.05) is 0 Å². The summed E-state index contributed by atoms with van der Waals surface area (Å²) < 4.78 is 19.0. The number of rotatable bonds is 4. The monoisotopic (exact) mass is 214 g/mol. The first kappa shape index (κ1) is 10.9. The van der Waals surface area contributed by atoms with Crippen molar-refractivity contribution < 1.29 is 18.7 Å².